The number of benzene rings is 1. The van der Waals surface area contributed by atoms with Crippen LogP contribution in [-0.2, 0) is 16.0 Å². The number of amides is 2. The average Bonchev–Trinajstić information content (AvgIpc) is 2.44. The van der Waals surface area contributed by atoms with Crippen molar-refractivity contribution in [3.8, 4) is 0 Å². The predicted octanol–water partition coefficient (Wildman–Crippen LogP) is 3.58. The zero-order valence-corrected chi connectivity index (χ0v) is 13.4. The van der Waals surface area contributed by atoms with E-state index in [9.17, 15) is 18.4 Å². The second kappa shape index (κ2) is 6.52. The highest BCUT2D eigenvalue weighted by molar-refractivity contribution is 5.95. The van der Waals surface area contributed by atoms with Crippen LogP contribution in [0.4, 0.5) is 25.0 Å². The monoisotopic (exact) mass is 326 g/mol. The fourth-order valence-electron chi connectivity index (χ4n) is 2.36. The fourth-order valence-corrected chi connectivity index (χ4v) is 2.36. The molecule has 0 fully saturated rings. The molecule has 23 heavy (non-hydrogen) atoms. The Hall–Kier alpha value is -2.18. The van der Waals surface area contributed by atoms with E-state index in [1.807, 2.05) is 0 Å². The maximum atomic E-state index is 12.3. The lowest BCUT2D eigenvalue weighted by molar-refractivity contribution is -0.126. The van der Waals surface area contributed by atoms with Crippen LogP contribution >= 0.6 is 0 Å². The summed E-state index contributed by atoms with van der Waals surface area (Å²) in [5.41, 5.74) is 1.09. The Balaban J connectivity index is 2.25. The molecule has 1 aromatic rings. The van der Waals surface area contributed by atoms with Crippen LogP contribution < -0.4 is 10.2 Å². The molecular weight excluding hydrogens is 306 g/mol. The molecular formula is C16H20F2N2O3. The van der Waals surface area contributed by atoms with Crippen molar-refractivity contribution in [2.24, 2.45) is 0 Å². The van der Waals surface area contributed by atoms with Crippen LogP contribution in [0.3, 0.4) is 0 Å². The molecule has 1 heterocycles. The third kappa shape index (κ3) is 4.40. The Kier molecular flexibility index (Phi) is 4.87. The number of rotatable bonds is 2. The van der Waals surface area contributed by atoms with E-state index in [1.54, 1.807) is 32.9 Å². The first-order valence-corrected chi connectivity index (χ1v) is 7.40. The number of nitrogens with one attached hydrogen (secondary N) is 1. The topological polar surface area (TPSA) is 58.6 Å². The lowest BCUT2D eigenvalue weighted by Crippen LogP contribution is -2.39. The van der Waals surface area contributed by atoms with Gasteiger partial charge in [-0.2, -0.15) is 8.78 Å². The molecule has 1 N–H and O–H groups in total. The van der Waals surface area contributed by atoms with Gasteiger partial charge < -0.3 is 10.1 Å². The summed E-state index contributed by atoms with van der Waals surface area (Å²) in [6, 6.07) is 4.81. The maximum absolute atomic E-state index is 12.3. The molecule has 126 valence electrons. The normalized spacial score (nSPS) is 14.4. The zero-order valence-electron chi connectivity index (χ0n) is 13.4. The van der Waals surface area contributed by atoms with Gasteiger partial charge in [0.05, 0.1) is 5.69 Å². The molecule has 0 saturated carbocycles. The van der Waals surface area contributed by atoms with Crippen molar-refractivity contribution >= 4 is 23.4 Å². The fraction of sp³-hybridized carbons (Fsp3) is 0.500. The number of nitrogens with zero attached hydrogens (tertiary/aromatic N) is 1. The van der Waals surface area contributed by atoms with Gasteiger partial charge in [0.1, 0.15) is 5.60 Å². The number of hydrogen-bond acceptors (Lipinski definition) is 3. The van der Waals surface area contributed by atoms with Crippen LogP contribution in [0.15, 0.2) is 18.2 Å². The lowest BCUT2D eigenvalue weighted by atomic mass is 10.0. The van der Waals surface area contributed by atoms with E-state index in [2.05, 4.69) is 5.32 Å². The minimum Gasteiger partial charge on any atom is -0.443 e. The van der Waals surface area contributed by atoms with Crippen LogP contribution in [0.25, 0.3) is 0 Å². The molecule has 0 atom stereocenters. The zero-order chi connectivity index (χ0) is 17.2. The van der Waals surface area contributed by atoms with Crippen molar-refractivity contribution < 1.29 is 23.1 Å². The van der Waals surface area contributed by atoms with Crippen LogP contribution in [0.1, 0.15) is 32.8 Å². The first kappa shape index (κ1) is 17.2. The molecule has 2 amide bonds. The van der Waals surface area contributed by atoms with Crippen LogP contribution in [0, 0.1) is 0 Å². The molecule has 5 nitrogen and oxygen atoms in total. The summed E-state index contributed by atoms with van der Waals surface area (Å²) >= 11 is 0. The van der Waals surface area contributed by atoms with Crippen LogP contribution in [0.2, 0.25) is 0 Å². The summed E-state index contributed by atoms with van der Waals surface area (Å²) in [7, 11) is 0. The van der Waals surface area contributed by atoms with Gasteiger partial charge in [0.2, 0.25) is 0 Å². The van der Waals surface area contributed by atoms with Crippen molar-refractivity contribution in [2.75, 3.05) is 16.8 Å². The molecule has 1 aliphatic rings. The van der Waals surface area contributed by atoms with Crippen molar-refractivity contribution in [2.45, 2.75) is 45.6 Å². The lowest BCUT2D eigenvalue weighted by Gasteiger charge is -2.32. The number of halogens is 2. The molecule has 0 bridgehead atoms. The minimum absolute atomic E-state index is 0.226. The predicted molar refractivity (Wildman–Crippen MR) is 83.0 cm³/mol. The van der Waals surface area contributed by atoms with Gasteiger partial charge >= 0.3 is 12.5 Å². The maximum Gasteiger partial charge on any atom is 0.414 e. The number of fused-ring (bicyclic) bond motifs is 1. The van der Waals surface area contributed by atoms with Crippen molar-refractivity contribution in [1.82, 2.24) is 0 Å². The standard InChI is InChI=1S/C16H20F2N2O3/c1-16(2,3)23-15(22)20-8-4-5-10-6-7-11(9-12(10)20)19-14(21)13(17)18/h6-7,9,13H,4-5,8H2,1-3H3,(H,19,21). The number of hydrogen-bond donors (Lipinski definition) is 1. The number of anilines is 2. The number of carbonyl (C=O) groups is 2. The molecule has 0 aliphatic carbocycles. The summed E-state index contributed by atoms with van der Waals surface area (Å²) in [4.78, 5) is 24.9. The van der Waals surface area contributed by atoms with Crippen molar-refractivity contribution in [3.63, 3.8) is 0 Å². The molecule has 0 aromatic heterocycles. The Morgan fingerprint density at radius 3 is 2.61 bits per heavy atom. The Labute approximate surface area is 133 Å². The summed E-state index contributed by atoms with van der Waals surface area (Å²) in [5.74, 6) is -1.37. The van der Waals surface area contributed by atoms with E-state index in [1.165, 1.54) is 11.0 Å². The number of ether oxygens (including phenoxy) is 1. The molecule has 0 unspecified atom stereocenters. The number of alkyl halides is 2. The van der Waals surface area contributed by atoms with Crippen LogP contribution in [-0.4, -0.2) is 30.6 Å². The highest BCUT2D eigenvalue weighted by Crippen LogP contribution is 2.31. The van der Waals surface area contributed by atoms with Gasteiger partial charge in [-0.25, -0.2) is 4.79 Å². The smallest absolute Gasteiger partial charge is 0.414 e. The van der Waals surface area contributed by atoms with E-state index < -0.39 is 24.0 Å². The third-order valence-corrected chi connectivity index (χ3v) is 3.28. The molecule has 0 saturated heterocycles. The molecule has 7 heteroatoms. The second-order valence-electron chi connectivity index (χ2n) is 6.37. The number of aryl methyl sites for hydroxylation is 1. The van der Waals surface area contributed by atoms with Gasteiger partial charge in [-0.05, 0) is 51.3 Å². The van der Waals surface area contributed by atoms with Crippen molar-refractivity contribution in [3.05, 3.63) is 23.8 Å². The van der Waals surface area contributed by atoms with E-state index in [0.717, 1.165) is 18.4 Å². The summed E-state index contributed by atoms with van der Waals surface area (Å²) in [5, 5.41) is 2.13. The SMILES string of the molecule is CC(C)(C)OC(=O)N1CCCc2ccc(NC(=O)C(F)F)cc21. The Morgan fingerprint density at radius 2 is 2.00 bits per heavy atom. The minimum atomic E-state index is -3.09. The first-order valence-electron chi connectivity index (χ1n) is 7.40. The van der Waals surface area contributed by atoms with Gasteiger partial charge in [0.15, 0.2) is 0 Å². The molecule has 1 aromatic carbocycles. The van der Waals surface area contributed by atoms with E-state index in [-0.39, 0.29) is 5.69 Å². The van der Waals surface area contributed by atoms with E-state index in [0.29, 0.717) is 12.2 Å². The molecule has 0 spiro atoms. The van der Waals surface area contributed by atoms with E-state index >= 15 is 0 Å². The Morgan fingerprint density at radius 1 is 1.30 bits per heavy atom. The summed E-state index contributed by atoms with van der Waals surface area (Å²) < 4.78 is 30.1. The molecule has 2 rings (SSSR count). The highest BCUT2D eigenvalue weighted by atomic mass is 19.3. The van der Waals surface area contributed by atoms with Gasteiger partial charge in [-0.15, -0.1) is 0 Å². The van der Waals surface area contributed by atoms with Gasteiger partial charge in [0, 0.05) is 12.2 Å². The molecule has 1 aliphatic heterocycles. The average molecular weight is 326 g/mol. The highest BCUT2D eigenvalue weighted by Gasteiger charge is 2.27. The summed E-state index contributed by atoms with van der Waals surface area (Å²) in [6.07, 6.45) is -2.02. The summed E-state index contributed by atoms with van der Waals surface area (Å²) in [6.45, 7) is 5.80. The van der Waals surface area contributed by atoms with Gasteiger partial charge in [-0.1, -0.05) is 6.07 Å². The molecule has 0 radical (unpaired) electrons. The van der Waals surface area contributed by atoms with Gasteiger partial charge in [0.25, 0.3) is 5.91 Å². The van der Waals surface area contributed by atoms with Crippen molar-refractivity contribution in [1.29, 1.82) is 0 Å². The number of carbonyl (C=O) groups excluding carboxylic acids is 2. The van der Waals surface area contributed by atoms with Crippen LogP contribution in [0.5, 0.6) is 0 Å². The Bertz CT molecular complexity index is 612. The van der Waals surface area contributed by atoms with E-state index in [4.69, 9.17) is 4.74 Å². The quantitative estimate of drug-likeness (QED) is 0.904. The third-order valence-electron chi connectivity index (χ3n) is 3.28. The van der Waals surface area contributed by atoms with Gasteiger partial charge in [-0.3, -0.25) is 9.69 Å². The first-order chi connectivity index (χ1) is 10.7. The second-order valence-corrected chi connectivity index (χ2v) is 6.37. The largest absolute Gasteiger partial charge is 0.443 e.